The molecular weight excluding hydrogens is 270 g/mol. The monoisotopic (exact) mass is 288 g/mol. The van der Waals surface area contributed by atoms with Crippen molar-refractivity contribution in [3.8, 4) is 5.75 Å². The topological polar surface area (TPSA) is 73.6 Å². The predicted octanol–water partition coefficient (Wildman–Crippen LogP) is 2.28. The van der Waals surface area contributed by atoms with Gasteiger partial charge in [-0.15, -0.1) is 0 Å². The zero-order valence-electron chi connectivity index (χ0n) is 11.2. The Kier molecular flexibility index (Phi) is 6.72. The zero-order chi connectivity index (χ0) is 15.0. The van der Waals surface area contributed by atoms with Crippen LogP contribution in [0.2, 0.25) is 0 Å². The smallest absolute Gasteiger partial charge is 0.261 e. The minimum Gasteiger partial charge on any atom is -0.497 e. The lowest BCUT2D eigenvalue weighted by Crippen LogP contribution is -2.14. The number of anilines is 2. The third kappa shape index (κ3) is 5.83. The number of amides is 1. The lowest BCUT2D eigenvalue weighted by atomic mass is 10.2. The highest BCUT2D eigenvalue weighted by atomic mass is 19.3. The maximum Gasteiger partial charge on any atom is 0.261 e. The van der Waals surface area contributed by atoms with Crippen LogP contribution < -0.4 is 15.8 Å². The van der Waals surface area contributed by atoms with Gasteiger partial charge in [0.15, 0.2) is 0 Å². The molecule has 0 atom stereocenters. The summed E-state index contributed by atoms with van der Waals surface area (Å²) in [5.41, 5.74) is 6.64. The molecule has 5 nitrogen and oxygen atoms in total. The van der Waals surface area contributed by atoms with Crippen LogP contribution in [0, 0.1) is 0 Å². The van der Waals surface area contributed by atoms with Gasteiger partial charge in [0.1, 0.15) is 12.4 Å². The number of carbonyl (C=O) groups is 1. The normalized spacial score (nSPS) is 10.6. The molecule has 0 bridgehead atoms. The summed E-state index contributed by atoms with van der Waals surface area (Å²) in [4.78, 5) is 11.6. The van der Waals surface area contributed by atoms with Crippen molar-refractivity contribution in [1.82, 2.24) is 0 Å². The Labute approximate surface area is 116 Å². The van der Waals surface area contributed by atoms with E-state index in [-0.39, 0.29) is 18.9 Å². The van der Waals surface area contributed by atoms with Gasteiger partial charge in [0.2, 0.25) is 5.91 Å². The van der Waals surface area contributed by atoms with E-state index in [2.05, 4.69) is 10.1 Å². The molecule has 0 aliphatic heterocycles. The number of nitrogens with two attached hydrogens (primary N) is 1. The van der Waals surface area contributed by atoms with E-state index < -0.39 is 13.0 Å². The first-order valence-corrected chi connectivity index (χ1v) is 6.12. The van der Waals surface area contributed by atoms with E-state index in [4.69, 9.17) is 10.5 Å². The Morgan fingerprint density at radius 3 is 2.80 bits per heavy atom. The van der Waals surface area contributed by atoms with Crippen molar-refractivity contribution < 1.29 is 23.0 Å². The molecule has 0 aromatic heterocycles. The fourth-order valence-corrected chi connectivity index (χ4v) is 1.50. The van der Waals surface area contributed by atoms with Crippen LogP contribution in [0.5, 0.6) is 5.75 Å². The van der Waals surface area contributed by atoms with Gasteiger partial charge in [-0.25, -0.2) is 8.78 Å². The molecule has 112 valence electrons. The molecule has 0 saturated carbocycles. The summed E-state index contributed by atoms with van der Waals surface area (Å²) in [5.74, 6) is 0.350. The second-order valence-corrected chi connectivity index (χ2v) is 4.07. The number of alkyl halides is 2. The van der Waals surface area contributed by atoms with Crippen LogP contribution in [0.15, 0.2) is 18.2 Å². The molecule has 1 rings (SSSR count). The number of halogens is 2. The standard InChI is InChI=1S/C13H18F2N2O3/c1-19-9-4-5-11(10(16)7-9)17-13(18)3-2-6-20-8-12(14)15/h4-5,7,12H,2-3,6,8,16H2,1H3,(H,17,18). The fourth-order valence-electron chi connectivity index (χ4n) is 1.50. The van der Waals surface area contributed by atoms with Gasteiger partial charge in [-0.2, -0.15) is 0 Å². The van der Waals surface area contributed by atoms with E-state index >= 15 is 0 Å². The Hall–Kier alpha value is -1.89. The van der Waals surface area contributed by atoms with Crippen LogP contribution in [0.25, 0.3) is 0 Å². The maximum absolute atomic E-state index is 11.8. The van der Waals surface area contributed by atoms with E-state index in [1.54, 1.807) is 18.2 Å². The second kappa shape index (κ2) is 8.31. The van der Waals surface area contributed by atoms with Crippen LogP contribution >= 0.6 is 0 Å². The van der Waals surface area contributed by atoms with E-state index in [0.29, 0.717) is 23.5 Å². The van der Waals surface area contributed by atoms with Crippen molar-refractivity contribution in [3.05, 3.63) is 18.2 Å². The summed E-state index contributed by atoms with van der Waals surface area (Å²) in [5, 5.41) is 2.64. The molecule has 7 heteroatoms. The Morgan fingerprint density at radius 1 is 1.45 bits per heavy atom. The lowest BCUT2D eigenvalue weighted by molar-refractivity contribution is -0.116. The molecule has 0 aliphatic rings. The fraction of sp³-hybridized carbons (Fsp3) is 0.462. The minimum atomic E-state index is -2.48. The van der Waals surface area contributed by atoms with Gasteiger partial charge >= 0.3 is 0 Å². The summed E-state index contributed by atoms with van der Waals surface area (Å²) in [6.45, 7) is -0.483. The van der Waals surface area contributed by atoms with Gasteiger partial charge in [0.05, 0.1) is 18.5 Å². The van der Waals surface area contributed by atoms with Crippen molar-refractivity contribution in [3.63, 3.8) is 0 Å². The molecule has 1 amide bonds. The third-order valence-electron chi connectivity index (χ3n) is 2.47. The number of methoxy groups -OCH3 is 1. The first-order chi connectivity index (χ1) is 9.52. The van der Waals surface area contributed by atoms with Crippen LogP contribution in [-0.2, 0) is 9.53 Å². The molecule has 3 N–H and O–H groups in total. The predicted molar refractivity (Wildman–Crippen MR) is 72.1 cm³/mol. The molecule has 0 spiro atoms. The molecular formula is C13H18F2N2O3. The van der Waals surface area contributed by atoms with Crippen LogP contribution in [-0.4, -0.2) is 32.7 Å². The summed E-state index contributed by atoms with van der Waals surface area (Å²) in [7, 11) is 1.52. The zero-order valence-corrected chi connectivity index (χ0v) is 11.2. The third-order valence-corrected chi connectivity index (χ3v) is 2.47. The van der Waals surface area contributed by atoms with E-state index in [1.165, 1.54) is 7.11 Å². The van der Waals surface area contributed by atoms with Gasteiger partial charge < -0.3 is 20.5 Å². The number of rotatable bonds is 8. The average molecular weight is 288 g/mol. The second-order valence-electron chi connectivity index (χ2n) is 4.07. The summed E-state index contributed by atoms with van der Waals surface area (Å²) in [6, 6.07) is 4.92. The van der Waals surface area contributed by atoms with Crippen molar-refractivity contribution in [2.45, 2.75) is 19.3 Å². The highest BCUT2D eigenvalue weighted by molar-refractivity contribution is 5.93. The first kappa shape index (κ1) is 16.2. The van der Waals surface area contributed by atoms with Gasteiger partial charge in [-0.3, -0.25) is 4.79 Å². The largest absolute Gasteiger partial charge is 0.497 e. The SMILES string of the molecule is COc1ccc(NC(=O)CCCOCC(F)F)c(N)c1. The molecule has 0 aliphatic carbocycles. The van der Waals surface area contributed by atoms with Crippen LogP contribution in [0.4, 0.5) is 20.2 Å². The van der Waals surface area contributed by atoms with Gasteiger partial charge in [-0.1, -0.05) is 0 Å². The van der Waals surface area contributed by atoms with Crippen molar-refractivity contribution in [2.75, 3.05) is 31.4 Å². The Morgan fingerprint density at radius 2 is 2.20 bits per heavy atom. The average Bonchev–Trinajstić information content (AvgIpc) is 2.40. The first-order valence-electron chi connectivity index (χ1n) is 6.12. The van der Waals surface area contributed by atoms with Crippen LogP contribution in [0.1, 0.15) is 12.8 Å². The summed E-state index contributed by atoms with van der Waals surface area (Å²) >= 11 is 0. The number of ether oxygens (including phenoxy) is 2. The molecule has 1 aromatic rings. The number of hydrogen-bond acceptors (Lipinski definition) is 4. The maximum atomic E-state index is 11.8. The highest BCUT2D eigenvalue weighted by Gasteiger charge is 2.07. The van der Waals surface area contributed by atoms with Gasteiger partial charge in [0.25, 0.3) is 6.43 Å². The molecule has 0 heterocycles. The molecule has 0 saturated heterocycles. The molecule has 20 heavy (non-hydrogen) atoms. The Balaban J connectivity index is 2.32. The van der Waals surface area contributed by atoms with E-state index in [0.717, 1.165) is 0 Å². The molecule has 0 radical (unpaired) electrons. The van der Waals surface area contributed by atoms with Crippen molar-refractivity contribution in [1.29, 1.82) is 0 Å². The highest BCUT2D eigenvalue weighted by Crippen LogP contribution is 2.24. The number of nitrogens with one attached hydrogen (secondary N) is 1. The van der Waals surface area contributed by atoms with Crippen LogP contribution in [0.3, 0.4) is 0 Å². The van der Waals surface area contributed by atoms with E-state index in [9.17, 15) is 13.6 Å². The van der Waals surface area contributed by atoms with Crippen molar-refractivity contribution >= 4 is 17.3 Å². The number of carbonyl (C=O) groups excluding carboxylic acids is 1. The van der Waals surface area contributed by atoms with Crippen molar-refractivity contribution in [2.24, 2.45) is 0 Å². The minimum absolute atomic E-state index is 0.121. The number of benzene rings is 1. The number of hydrogen-bond donors (Lipinski definition) is 2. The lowest BCUT2D eigenvalue weighted by Gasteiger charge is -2.09. The summed E-state index contributed by atoms with van der Waals surface area (Å²) < 4.78 is 33.2. The Bertz CT molecular complexity index is 442. The molecule has 0 unspecified atom stereocenters. The summed E-state index contributed by atoms with van der Waals surface area (Å²) in [6.07, 6.45) is -1.94. The number of nitrogen functional groups attached to an aromatic ring is 1. The van der Waals surface area contributed by atoms with Gasteiger partial charge in [0, 0.05) is 19.1 Å². The molecule has 1 aromatic carbocycles. The molecule has 0 fully saturated rings. The quantitative estimate of drug-likeness (QED) is 0.568. The van der Waals surface area contributed by atoms with E-state index in [1.807, 2.05) is 0 Å². The van der Waals surface area contributed by atoms with Gasteiger partial charge in [-0.05, 0) is 18.6 Å².